The number of nitriles is 1. The first-order chi connectivity index (χ1) is 21.4. The third kappa shape index (κ3) is 5.41. The number of thiophene rings is 1. The van der Waals surface area contributed by atoms with Crippen molar-refractivity contribution in [3.8, 4) is 17.6 Å². The fraction of sp³-hybridized carbons (Fsp3) is 0.219. The molecule has 0 spiro atoms. The van der Waals surface area contributed by atoms with Crippen molar-refractivity contribution in [1.82, 2.24) is 15.2 Å². The molecule has 4 amide bonds. The monoisotopic (exact) mass is 608 g/mol. The Morgan fingerprint density at radius 3 is 2.73 bits per heavy atom. The Morgan fingerprint density at radius 1 is 1.16 bits per heavy atom. The quantitative estimate of drug-likeness (QED) is 0.152. The normalized spacial score (nSPS) is 16.2. The van der Waals surface area contributed by atoms with Crippen molar-refractivity contribution in [2.45, 2.75) is 25.8 Å². The molecule has 4 heterocycles. The van der Waals surface area contributed by atoms with Crippen LogP contribution in [0.5, 0.6) is 11.5 Å². The molecule has 2 N–H and O–H groups in total. The van der Waals surface area contributed by atoms with Crippen LogP contribution in [0, 0.1) is 18.3 Å². The van der Waals surface area contributed by atoms with Crippen LogP contribution < -0.4 is 20.3 Å². The maximum absolute atomic E-state index is 13.6. The second kappa shape index (κ2) is 12.1. The zero-order chi connectivity index (χ0) is 30.8. The minimum absolute atomic E-state index is 0.104. The molecule has 12 heteroatoms. The molecule has 0 aliphatic carbocycles. The number of anilines is 3. The lowest BCUT2D eigenvalue weighted by Gasteiger charge is -2.33. The van der Waals surface area contributed by atoms with Crippen LogP contribution in [-0.2, 0) is 9.53 Å². The number of ether oxygens (including phenoxy) is 2. The predicted octanol–water partition coefficient (Wildman–Crippen LogP) is 5.86. The third-order valence-electron chi connectivity index (χ3n) is 7.47. The number of carbonyl (C=O) groups is 3. The van der Waals surface area contributed by atoms with Crippen molar-refractivity contribution in [2.24, 2.45) is 0 Å². The van der Waals surface area contributed by atoms with Crippen LogP contribution in [0.2, 0.25) is 0 Å². The zero-order valence-corrected chi connectivity index (χ0v) is 24.8. The molecule has 44 heavy (non-hydrogen) atoms. The van der Waals surface area contributed by atoms with E-state index in [0.717, 1.165) is 11.8 Å². The molecule has 0 bridgehead atoms. The van der Waals surface area contributed by atoms with Gasteiger partial charge in [0, 0.05) is 25.3 Å². The lowest BCUT2D eigenvalue weighted by molar-refractivity contribution is -0.128. The number of nitrogens with zero attached hydrogens (tertiary/aromatic N) is 4. The number of urea groups is 1. The molecule has 6 rings (SSSR count). The molecular formula is C32H28N6O5S. The first-order valence-corrected chi connectivity index (χ1v) is 14.8. The maximum Gasteiger partial charge on any atom is 0.331 e. The number of benzene rings is 2. The summed E-state index contributed by atoms with van der Waals surface area (Å²) in [6.07, 6.45) is 4.07. The minimum Gasteiger partial charge on any atom is -0.503 e. The number of methoxy groups -OCH3 is 1. The Kier molecular flexibility index (Phi) is 7.87. The van der Waals surface area contributed by atoms with Crippen LogP contribution in [0.4, 0.5) is 21.9 Å². The Balaban J connectivity index is 1.25. The molecular weight excluding hydrogens is 580 g/mol. The highest BCUT2D eigenvalue weighted by Crippen LogP contribution is 2.46. The number of carbonyl (C=O) groups excluding carboxylic acids is 3. The van der Waals surface area contributed by atoms with E-state index in [1.807, 2.05) is 61.5 Å². The van der Waals surface area contributed by atoms with E-state index >= 15 is 0 Å². The van der Waals surface area contributed by atoms with Gasteiger partial charge in [0.1, 0.15) is 33.5 Å². The maximum atomic E-state index is 13.6. The summed E-state index contributed by atoms with van der Waals surface area (Å²) in [6, 6.07) is 17.9. The number of para-hydroxylation sites is 1. The van der Waals surface area contributed by atoms with E-state index in [4.69, 9.17) is 9.47 Å². The zero-order valence-electron chi connectivity index (χ0n) is 24.0. The molecule has 11 nitrogen and oxygen atoms in total. The van der Waals surface area contributed by atoms with Gasteiger partial charge in [-0.25, -0.2) is 9.78 Å². The van der Waals surface area contributed by atoms with E-state index in [0.29, 0.717) is 63.0 Å². The van der Waals surface area contributed by atoms with E-state index in [-0.39, 0.29) is 24.1 Å². The SMILES string of the molecule is CO/C=C(\C#N)C(=O)N1CCCC(NC(=O)c2sc3nccc4c3c2NC(=O)N4c2ccc(Oc3ccccc3)cc2C)C1. The van der Waals surface area contributed by atoms with Crippen LogP contribution in [0.1, 0.15) is 28.1 Å². The highest BCUT2D eigenvalue weighted by molar-refractivity contribution is 7.21. The molecule has 2 aliphatic heterocycles. The number of hydrogen-bond donors (Lipinski definition) is 2. The Hall–Kier alpha value is -5.41. The van der Waals surface area contributed by atoms with Crippen LogP contribution >= 0.6 is 11.3 Å². The number of piperidine rings is 1. The lowest BCUT2D eigenvalue weighted by Crippen LogP contribution is -2.50. The van der Waals surface area contributed by atoms with Gasteiger partial charge in [0.15, 0.2) is 5.57 Å². The molecule has 2 aromatic carbocycles. The summed E-state index contributed by atoms with van der Waals surface area (Å²) < 4.78 is 10.8. The van der Waals surface area contributed by atoms with Crippen molar-refractivity contribution in [3.05, 3.63) is 83.1 Å². The predicted molar refractivity (Wildman–Crippen MR) is 166 cm³/mol. The second-order valence-electron chi connectivity index (χ2n) is 10.4. The van der Waals surface area contributed by atoms with Crippen molar-refractivity contribution >= 4 is 56.5 Å². The van der Waals surface area contributed by atoms with Crippen LogP contribution in [0.15, 0.2) is 72.6 Å². The summed E-state index contributed by atoms with van der Waals surface area (Å²) in [5, 5.41) is 15.9. The Bertz CT molecular complexity index is 1850. The average Bonchev–Trinajstić information content (AvgIpc) is 3.40. The van der Waals surface area contributed by atoms with E-state index < -0.39 is 11.9 Å². The topological polar surface area (TPSA) is 137 Å². The fourth-order valence-electron chi connectivity index (χ4n) is 5.49. The highest BCUT2D eigenvalue weighted by atomic mass is 32.1. The number of nitrogens with one attached hydrogen (secondary N) is 2. The fourth-order valence-corrected chi connectivity index (χ4v) is 6.52. The van der Waals surface area contributed by atoms with E-state index in [9.17, 15) is 19.6 Å². The van der Waals surface area contributed by atoms with Crippen molar-refractivity contribution in [2.75, 3.05) is 30.4 Å². The van der Waals surface area contributed by atoms with Crippen LogP contribution in [0.3, 0.4) is 0 Å². The first-order valence-electron chi connectivity index (χ1n) is 14.0. The average molecular weight is 609 g/mol. The number of rotatable bonds is 7. The smallest absolute Gasteiger partial charge is 0.331 e. The van der Waals surface area contributed by atoms with Crippen molar-refractivity contribution in [1.29, 1.82) is 5.26 Å². The molecule has 1 saturated heterocycles. The standard InChI is InChI=1S/C32H28N6O5S/c1-19-15-23(43-22-8-4-3-5-9-22)10-11-24(19)38-25-12-13-34-30-26(25)27(36-32(38)41)28(44-30)29(39)35-21-7-6-14-37(17-21)31(40)20(16-33)18-42-2/h3-5,8-13,15,18,21H,6-7,14,17H2,1-2H3,(H,35,39)(H,36,41)/b20-18+. The van der Waals surface area contributed by atoms with E-state index in [1.165, 1.54) is 23.3 Å². The van der Waals surface area contributed by atoms with Gasteiger partial charge in [-0.3, -0.25) is 14.5 Å². The molecule has 222 valence electrons. The molecule has 0 radical (unpaired) electrons. The largest absolute Gasteiger partial charge is 0.503 e. The van der Waals surface area contributed by atoms with Gasteiger partial charge in [-0.05, 0) is 61.7 Å². The van der Waals surface area contributed by atoms with Gasteiger partial charge < -0.3 is 25.0 Å². The molecule has 1 fully saturated rings. The summed E-state index contributed by atoms with van der Waals surface area (Å²) in [5.41, 5.74) is 2.42. The van der Waals surface area contributed by atoms with Gasteiger partial charge in [0.05, 0.1) is 29.6 Å². The van der Waals surface area contributed by atoms with Gasteiger partial charge in [-0.1, -0.05) is 18.2 Å². The van der Waals surface area contributed by atoms with E-state index in [2.05, 4.69) is 15.6 Å². The van der Waals surface area contributed by atoms with Gasteiger partial charge in [-0.2, -0.15) is 5.26 Å². The molecule has 2 aromatic heterocycles. The van der Waals surface area contributed by atoms with Gasteiger partial charge in [-0.15, -0.1) is 11.3 Å². The summed E-state index contributed by atoms with van der Waals surface area (Å²) >= 11 is 1.19. The number of amides is 4. The summed E-state index contributed by atoms with van der Waals surface area (Å²) in [6.45, 7) is 2.63. The number of likely N-dealkylation sites (tertiary alicyclic amines) is 1. The van der Waals surface area contributed by atoms with Gasteiger partial charge in [0.25, 0.3) is 11.8 Å². The number of aryl methyl sites for hydroxylation is 1. The van der Waals surface area contributed by atoms with Gasteiger partial charge >= 0.3 is 6.03 Å². The highest BCUT2D eigenvalue weighted by Gasteiger charge is 2.34. The van der Waals surface area contributed by atoms with Crippen molar-refractivity contribution in [3.63, 3.8) is 0 Å². The van der Waals surface area contributed by atoms with Crippen molar-refractivity contribution < 1.29 is 23.9 Å². The first kappa shape index (κ1) is 28.7. The molecule has 1 atom stereocenters. The molecule has 1 unspecified atom stereocenters. The van der Waals surface area contributed by atoms with Crippen LogP contribution in [0.25, 0.3) is 10.2 Å². The minimum atomic E-state index is -0.443. The Morgan fingerprint density at radius 2 is 1.98 bits per heavy atom. The number of aromatic nitrogens is 1. The number of hydrogen-bond acceptors (Lipinski definition) is 8. The van der Waals surface area contributed by atoms with E-state index in [1.54, 1.807) is 17.2 Å². The molecule has 2 aliphatic rings. The summed E-state index contributed by atoms with van der Waals surface area (Å²) in [7, 11) is 1.37. The molecule has 0 saturated carbocycles. The third-order valence-corrected chi connectivity index (χ3v) is 8.57. The Labute approximate surface area is 257 Å². The lowest BCUT2D eigenvalue weighted by atomic mass is 10.0. The summed E-state index contributed by atoms with van der Waals surface area (Å²) in [5.74, 6) is 0.545. The number of pyridine rings is 1. The molecule has 4 aromatic rings. The summed E-state index contributed by atoms with van der Waals surface area (Å²) in [4.78, 5) is 48.5. The van der Waals surface area contributed by atoms with Crippen LogP contribution in [-0.4, -0.2) is 54.0 Å². The second-order valence-corrected chi connectivity index (χ2v) is 11.4. The van der Waals surface area contributed by atoms with Gasteiger partial charge in [0.2, 0.25) is 0 Å².